The van der Waals surface area contributed by atoms with E-state index in [-0.39, 0.29) is 5.54 Å². The predicted molar refractivity (Wildman–Crippen MR) is 86.8 cm³/mol. The quantitative estimate of drug-likeness (QED) is 0.918. The minimum atomic E-state index is -0.551. The van der Waals surface area contributed by atoms with Gasteiger partial charge < -0.3 is 9.84 Å². The largest absolute Gasteiger partial charge is 0.496 e. The molecule has 21 heavy (non-hydrogen) atoms. The Morgan fingerprint density at radius 3 is 2.33 bits per heavy atom. The molecule has 0 aliphatic carbocycles. The number of likely N-dealkylation sites (tertiary alicyclic amines) is 1. The summed E-state index contributed by atoms with van der Waals surface area (Å²) in [5.74, 6) is 0.774. The molecule has 1 saturated heterocycles. The van der Waals surface area contributed by atoms with Crippen molar-refractivity contribution in [1.29, 1.82) is 0 Å². The normalized spacial score (nSPS) is 19.1. The molecule has 0 radical (unpaired) electrons. The number of aliphatic hydroxyl groups excluding tert-OH is 1. The molecule has 1 aromatic rings. The van der Waals surface area contributed by atoms with Crippen molar-refractivity contribution >= 4 is 0 Å². The van der Waals surface area contributed by atoms with Crippen LogP contribution in [0.2, 0.25) is 0 Å². The summed E-state index contributed by atoms with van der Waals surface area (Å²) in [4.78, 5) is 2.44. The predicted octanol–water partition coefficient (Wildman–Crippen LogP) is 3.69. The van der Waals surface area contributed by atoms with Crippen molar-refractivity contribution in [2.45, 2.75) is 58.1 Å². The first kappa shape index (κ1) is 16.3. The van der Waals surface area contributed by atoms with Gasteiger partial charge in [0.05, 0.1) is 7.11 Å². The van der Waals surface area contributed by atoms with Gasteiger partial charge in [0.2, 0.25) is 0 Å². The van der Waals surface area contributed by atoms with Crippen LogP contribution in [-0.4, -0.2) is 35.7 Å². The van der Waals surface area contributed by atoms with Gasteiger partial charge in [-0.05, 0) is 58.8 Å². The van der Waals surface area contributed by atoms with Gasteiger partial charge in [0.15, 0.2) is 0 Å². The lowest BCUT2D eigenvalue weighted by Crippen LogP contribution is -2.49. The average molecular weight is 291 g/mol. The summed E-state index contributed by atoms with van der Waals surface area (Å²) in [5, 5.41) is 11.0. The van der Waals surface area contributed by atoms with Gasteiger partial charge in [-0.1, -0.05) is 24.5 Å². The summed E-state index contributed by atoms with van der Waals surface area (Å²) >= 11 is 0. The molecule has 1 unspecified atom stereocenters. The first-order valence-electron chi connectivity index (χ1n) is 8.04. The molecule has 1 aromatic carbocycles. The number of benzene rings is 1. The molecular formula is C18H29NO2. The third kappa shape index (κ3) is 3.58. The Balaban J connectivity index is 2.28. The fourth-order valence-corrected chi connectivity index (χ4v) is 3.27. The standard InChI is InChI=1S/C18H29NO2/c1-14-9-10-16(21-4)15(13-14)17(20)18(2,3)19-11-7-5-6-8-12-19/h9-10,13,17,20H,5-8,11-12H2,1-4H3. The zero-order chi connectivity index (χ0) is 15.5. The molecular weight excluding hydrogens is 262 g/mol. The summed E-state index contributed by atoms with van der Waals surface area (Å²) in [6, 6.07) is 6.02. The lowest BCUT2D eigenvalue weighted by atomic mass is 9.88. The zero-order valence-corrected chi connectivity index (χ0v) is 13.9. The summed E-state index contributed by atoms with van der Waals surface area (Å²) in [7, 11) is 1.67. The monoisotopic (exact) mass is 291 g/mol. The number of methoxy groups -OCH3 is 1. The molecule has 0 saturated carbocycles. The zero-order valence-electron chi connectivity index (χ0n) is 13.9. The molecule has 118 valence electrons. The summed E-state index contributed by atoms with van der Waals surface area (Å²) in [6.45, 7) is 8.47. The first-order chi connectivity index (χ1) is 9.96. The van der Waals surface area contributed by atoms with Crippen LogP contribution in [0, 0.1) is 6.92 Å². The van der Waals surface area contributed by atoms with Crippen molar-refractivity contribution < 1.29 is 9.84 Å². The second-order valence-corrected chi connectivity index (χ2v) is 6.70. The number of aryl methyl sites for hydroxylation is 1. The number of ether oxygens (including phenoxy) is 1. The van der Waals surface area contributed by atoms with Crippen molar-refractivity contribution in [3.05, 3.63) is 29.3 Å². The van der Waals surface area contributed by atoms with Gasteiger partial charge in [-0.2, -0.15) is 0 Å². The van der Waals surface area contributed by atoms with E-state index in [1.807, 2.05) is 18.2 Å². The van der Waals surface area contributed by atoms with Crippen molar-refractivity contribution in [2.24, 2.45) is 0 Å². The van der Waals surface area contributed by atoms with E-state index in [4.69, 9.17) is 4.74 Å². The maximum absolute atomic E-state index is 11.0. The van der Waals surface area contributed by atoms with Gasteiger partial charge in [-0.25, -0.2) is 0 Å². The van der Waals surface area contributed by atoms with E-state index in [9.17, 15) is 5.11 Å². The highest BCUT2D eigenvalue weighted by molar-refractivity contribution is 5.39. The van der Waals surface area contributed by atoms with Gasteiger partial charge in [-0.15, -0.1) is 0 Å². The maximum atomic E-state index is 11.0. The number of aliphatic hydroxyl groups is 1. The second-order valence-electron chi connectivity index (χ2n) is 6.70. The lowest BCUT2D eigenvalue weighted by Gasteiger charge is -2.42. The molecule has 1 heterocycles. The van der Waals surface area contributed by atoms with Crippen molar-refractivity contribution in [2.75, 3.05) is 20.2 Å². The van der Waals surface area contributed by atoms with Crippen LogP contribution in [0.4, 0.5) is 0 Å². The molecule has 3 nitrogen and oxygen atoms in total. The van der Waals surface area contributed by atoms with E-state index in [1.54, 1.807) is 7.11 Å². The molecule has 1 aliphatic rings. The molecule has 1 aliphatic heterocycles. The van der Waals surface area contributed by atoms with E-state index in [1.165, 1.54) is 25.7 Å². The van der Waals surface area contributed by atoms with Crippen LogP contribution in [0.3, 0.4) is 0 Å². The fraction of sp³-hybridized carbons (Fsp3) is 0.667. The first-order valence-corrected chi connectivity index (χ1v) is 8.04. The van der Waals surface area contributed by atoms with Crippen LogP contribution >= 0.6 is 0 Å². The van der Waals surface area contributed by atoms with Crippen LogP contribution in [0.5, 0.6) is 5.75 Å². The van der Waals surface area contributed by atoms with Crippen molar-refractivity contribution in [3.63, 3.8) is 0 Å². The highest BCUT2D eigenvalue weighted by atomic mass is 16.5. The van der Waals surface area contributed by atoms with E-state index in [0.717, 1.165) is 30.0 Å². The van der Waals surface area contributed by atoms with Gasteiger partial charge in [0.1, 0.15) is 11.9 Å². The fourth-order valence-electron chi connectivity index (χ4n) is 3.27. The van der Waals surface area contributed by atoms with Crippen molar-refractivity contribution in [3.8, 4) is 5.75 Å². The molecule has 2 rings (SSSR count). The average Bonchev–Trinajstić information content (AvgIpc) is 2.76. The summed E-state index contributed by atoms with van der Waals surface area (Å²) in [5.41, 5.74) is 1.76. The third-order valence-corrected chi connectivity index (χ3v) is 4.77. The maximum Gasteiger partial charge on any atom is 0.124 e. The Hall–Kier alpha value is -1.06. The van der Waals surface area contributed by atoms with Crippen LogP contribution in [0.1, 0.15) is 56.8 Å². The Kier molecular flexibility index (Phi) is 5.28. The Morgan fingerprint density at radius 2 is 1.76 bits per heavy atom. The Bertz CT molecular complexity index is 462. The lowest BCUT2D eigenvalue weighted by molar-refractivity contribution is -0.0111. The van der Waals surface area contributed by atoms with E-state index in [0.29, 0.717) is 0 Å². The summed E-state index contributed by atoms with van der Waals surface area (Å²) in [6.07, 6.45) is 4.50. The minimum Gasteiger partial charge on any atom is -0.496 e. The molecule has 0 aromatic heterocycles. The molecule has 0 amide bonds. The highest BCUT2D eigenvalue weighted by Crippen LogP contribution is 2.37. The second kappa shape index (κ2) is 6.80. The molecule has 1 atom stereocenters. The SMILES string of the molecule is COc1ccc(C)cc1C(O)C(C)(C)N1CCCCCC1. The Morgan fingerprint density at radius 1 is 1.14 bits per heavy atom. The van der Waals surface area contributed by atoms with Crippen LogP contribution in [-0.2, 0) is 0 Å². The molecule has 1 fully saturated rings. The third-order valence-electron chi connectivity index (χ3n) is 4.77. The summed E-state index contributed by atoms with van der Waals surface area (Å²) < 4.78 is 5.45. The number of rotatable bonds is 4. The van der Waals surface area contributed by atoms with Gasteiger partial charge in [0, 0.05) is 11.1 Å². The molecule has 0 bridgehead atoms. The number of hydrogen-bond donors (Lipinski definition) is 1. The number of hydrogen-bond acceptors (Lipinski definition) is 3. The van der Waals surface area contributed by atoms with Gasteiger partial charge >= 0.3 is 0 Å². The van der Waals surface area contributed by atoms with Crippen LogP contribution < -0.4 is 4.74 Å². The molecule has 1 N–H and O–H groups in total. The van der Waals surface area contributed by atoms with Crippen LogP contribution in [0.25, 0.3) is 0 Å². The number of nitrogens with zero attached hydrogens (tertiary/aromatic N) is 1. The van der Waals surface area contributed by atoms with E-state index >= 15 is 0 Å². The minimum absolute atomic E-state index is 0.286. The van der Waals surface area contributed by atoms with E-state index < -0.39 is 6.10 Å². The van der Waals surface area contributed by atoms with Crippen LogP contribution in [0.15, 0.2) is 18.2 Å². The molecule has 0 spiro atoms. The Labute approximate surface area is 128 Å². The highest BCUT2D eigenvalue weighted by Gasteiger charge is 2.36. The van der Waals surface area contributed by atoms with Crippen molar-refractivity contribution in [1.82, 2.24) is 4.90 Å². The molecule has 3 heteroatoms. The van der Waals surface area contributed by atoms with Gasteiger partial charge in [0.25, 0.3) is 0 Å². The topological polar surface area (TPSA) is 32.7 Å². The van der Waals surface area contributed by atoms with E-state index in [2.05, 4.69) is 25.7 Å². The smallest absolute Gasteiger partial charge is 0.124 e. The van der Waals surface area contributed by atoms with Gasteiger partial charge in [-0.3, -0.25) is 4.90 Å².